The van der Waals surface area contributed by atoms with Crippen LogP contribution in [0.1, 0.15) is 12.1 Å². The number of carbonyl (C=O) groups is 2. The van der Waals surface area contributed by atoms with Crippen molar-refractivity contribution in [2.45, 2.75) is 13.0 Å². The number of thiazole rings is 1. The van der Waals surface area contributed by atoms with Crippen molar-refractivity contribution in [3.05, 3.63) is 16.6 Å². The lowest BCUT2D eigenvalue weighted by Crippen LogP contribution is -2.52. The maximum Gasteiger partial charge on any atom is 0.320 e. The predicted molar refractivity (Wildman–Crippen MR) is 79.2 cm³/mol. The summed E-state index contributed by atoms with van der Waals surface area (Å²) in [7, 11) is 1.78. The molecule has 0 aromatic carbocycles. The van der Waals surface area contributed by atoms with Crippen molar-refractivity contribution in [2.24, 2.45) is 0 Å². The van der Waals surface area contributed by atoms with E-state index < -0.39 is 5.97 Å². The van der Waals surface area contributed by atoms with Crippen LogP contribution in [0.3, 0.4) is 0 Å². The summed E-state index contributed by atoms with van der Waals surface area (Å²) < 4.78 is 0. The fourth-order valence-electron chi connectivity index (χ4n) is 2.28. The molecule has 0 spiro atoms. The minimum Gasteiger partial charge on any atom is -0.481 e. The van der Waals surface area contributed by atoms with Gasteiger partial charge in [-0.05, 0) is 0 Å². The van der Waals surface area contributed by atoms with Crippen molar-refractivity contribution in [3.8, 4) is 0 Å². The number of aromatic nitrogens is 1. The number of carboxylic acid groups (broad SMARTS) is 1. The van der Waals surface area contributed by atoms with E-state index in [0.717, 1.165) is 18.8 Å². The summed E-state index contributed by atoms with van der Waals surface area (Å²) in [6.07, 6.45) is 0.150. The first-order valence-corrected chi connectivity index (χ1v) is 7.82. The van der Waals surface area contributed by atoms with Crippen molar-refractivity contribution in [2.75, 3.05) is 39.8 Å². The quantitative estimate of drug-likeness (QED) is 0.870. The van der Waals surface area contributed by atoms with Gasteiger partial charge in [0.25, 0.3) is 0 Å². The molecule has 2 rings (SSSR count). The van der Waals surface area contributed by atoms with E-state index in [4.69, 9.17) is 5.11 Å². The fourth-order valence-corrected chi connectivity index (χ4v) is 2.83. The molecule has 0 saturated carbocycles. The SMILES string of the molecule is CN(Cc1cscn1)C(=O)N1CCN(CCC(=O)O)CC1. The molecule has 1 saturated heterocycles. The third kappa shape index (κ3) is 4.68. The Balaban J connectivity index is 1.76. The highest BCUT2D eigenvalue weighted by Gasteiger charge is 2.23. The second-order valence-corrected chi connectivity index (χ2v) is 5.81. The van der Waals surface area contributed by atoms with Gasteiger partial charge in [-0.15, -0.1) is 11.3 Å². The maximum absolute atomic E-state index is 12.3. The van der Waals surface area contributed by atoms with Gasteiger partial charge in [-0.2, -0.15) is 0 Å². The van der Waals surface area contributed by atoms with Crippen LogP contribution in [-0.2, 0) is 11.3 Å². The van der Waals surface area contributed by atoms with Crippen LogP contribution in [0.4, 0.5) is 4.79 Å². The summed E-state index contributed by atoms with van der Waals surface area (Å²) in [5.41, 5.74) is 2.66. The lowest BCUT2D eigenvalue weighted by Gasteiger charge is -2.36. The van der Waals surface area contributed by atoms with Crippen LogP contribution in [0.25, 0.3) is 0 Å². The number of piperazine rings is 1. The van der Waals surface area contributed by atoms with Crippen LogP contribution in [0, 0.1) is 0 Å². The van der Waals surface area contributed by atoms with Crippen molar-refractivity contribution in [1.82, 2.24) is 19.7 Å². The zero-order valence-electron chi connectivity index (χ0n) is 12.1. The summed E-state index contributed by atoms with van der Waals surface area (Å²) in [5, 5.41) is 10.6. The molecule has 1 aliphatic rings. The molecule has 21 heavy (non-hydrogen) atoms. The topological polar surface area (TPSA) is 77.0 Å². The molecule has 0 bridgehead atoms. The number of hydrogen-bond acceptors (Lipinski definition) is 5. The molecule has 1 aromatic heterocycles. The molecule has 1 N–H and O–H groups in total. The summed E-state index contributed by atoms with van der Waals surface area (Å²) in [6.45, 7) is 3.79. The van der Waals surface area contributed by atoms with E-state index in [2.05, 4.69) is 9.88 Å². The summed E-state index contributed by atoms with van der Waals surface area (Å²) in [4.78, 5) is 32.6. The summed E-state index contributed by atoms with van der Waals surface area (Å²) in [5.74, 6) is -0.781. The number of nitrogens with zero attached hydrogens (tertiary/aromatic N) is 4. The Labute approximate surface area is 127 Å². The highest BCUT2D eigenvalue weighted by atomic mass is 32.1. The van der Waals surface area contributed by atoms with Gasteiger partial charge in [-0.3, -0.25) is 9.69 Å². The molecule has 1 aromatic rings. The number of rotatable bonds is 5. The largest absolute Gasteiger partial charge is 0.481 e. The number of urea groups is 1. The van der Waals surface area contributed by atoms with Crippen molar-refractivity contribution in [3.63, 3.8) is 0 Å². The first-order valence-electron chi connectivity index (χ1n) is 6.87. The van der Waals surface area contributed by atoms with Gasteiger partial charge in [0.2, 0.25) is 0 Å². The first-order chi connectivity index (χ1) is 10.1. The van der Waals surface area contributed by atoms with E-state index >= 15 is 0 Å². The predicted octanol–water partition coefficient (Wildman–Crippen LogP) is 0.787. The maximum atomic E-state index is 12.3. The summed E-state index contributed by atoms with van der Waals surface area (Å²) >= 11 is 1.52. The van der Waals surface area contributed by atoms with Crippen LogP contribution in [0.2, 0.25) is 0 Å². The standard InChI is InChI=1S/C13H20N4O3S/c1-15(8-11-9-21-10-14-11)13(20)17-6-4-16(5-7-17)3-2-12(18)19/h9-10H,2-8H2,1H3,(H,18,19). The molecular weight excluding hydrogens is 292 g/mol. The van der Waals surface area contributed by atoms with Gasteiger partial charge in [0.1, 0.15) is 0 Å². The van der Waals surface area contributed by atoms with Crippen LogP contribution in [0.15, 0.2) is 10.9 Å². The number of carbonyl (C=O) groups excluding carboxylic acids is 1. The molecule has 8 heteroatoms. The number of amides is 2. The molecule has 2 amide bonds. The normalized spacial score (nSPS) is 16.0. The average Bonchev–Trinajstić information content (AvgIpc) is 2.97. The van der Waals surface area contributed by atoms with E-state index in [-0.39, 0.29) is 12.5 Å². The smallest absolute Gasteiger partial charge is 0.320 e. The Bertz CT molecular complexity index is 472. The molecule has 0 atom stereocenters. The van der Waals surface area contributed by atoms with Crippen molar-refractivity contribution < 1.29 is 14.7 Å². The monoisotopic (exact) mass is 312 g/mol. The van der Waals surface area contributed by atoms with Gasteiger partial charge in [0.15, 0.2) is 0 Å². The van der Waals surface area contributed by atoms with Crippen LogP contribution in [-0.4, -0.2) is 76.6 Å². The van der Waals surface area contributed by atoms with E-state index in [1.54, 1.807) is 17.5 Å². The third-order valence-corrected chi connectivity index (χ3v) is 4.13. The Morgan fingerprint density at radius 3 is 2.67 bits per heavy atom. The number of carboxylic acids is 1. The molecule has 0 aliphatic carbocycles. The Kier molecular flexibility index (Phi) is 5.51. The van der Waals surface area contributed by atoms with Gasteiger partial charge in [0, 0.05) is 45.2 Å². The second-order valence-electron chi connectivity index (χ2n) is 5.09. The van der Waals surface area contributed by atoms with E-state index in [1.165, 1.54) is 11.3 Å². The molecule has 0 unspecified atom stereocenters. The van der Waals surface area contributed by atoms with Gasteiger partial charge in [-0.1, -0.05) is 0 Å². The van der Waals surface area contributed by atoms with Crippen LogP contribution < -0.4 is 0 Å². The molecule has 7 nitrogen and oxygen atoms in total. The zero-order valence-corrected chi connectivity index (χ0v) is 12.9. The Morgan fingerprint density at radius 2 is 2.10 bits per heavy atom. The lowest BCUT2D eigenvalue weighted by molar-refractivity contribution is -0.137. The van der Waals surface area contributed by atoms with E-state index in [1.807, 2.05) is 10.3 Å². The van der Waals surface area contributed by atoms with Gasteiger partial charge >= 0.3 is 12.0 Å². The summed E-state index contributed by atoms with van der Waals surface area (Å²) in [6, 6.07) is 0.000819. The lowest BCUT2D eigenvalue weighted by atomic mass is 10.3. The minimum absolute atomic E-state index is 0.000819. The highest BCUT2D eigenvalue weighted by molar-refractivity contribution is 7.07. The van der Waals surface area contributed by atoms with Crippen LogP contribution in [0.5, 0.6) is 0 Å². The number of hydrogen-bond donors (Lipinski definition) is 1. The minimum atomic E-state index is -0.781. The molecule has 1 aliphatic heterocycles. The highest BCUT2D eigenvalue weighted by Crippen LogP contribution is 2.09. The number of aliphatic carboxylic acids is 1. The van der Waals surface area contributed by atoms with Crippen molar-refractivity contribution >= 4 is 23.3 Å². The van der Waals surface area contributed by atoms with Gasteiger partial charge in [0.05, 0.1) is 24.2 Å². The Morgan fingerprint density at radius 1 is 1.38 bits per heavy atom. The van der Waals surface area contributed by atoms with Crippen molar-refractivity contribution in [1.29, 1.82) is 0 Å². The van der Waals surface area contributed by atoms with E-state index in [0.29, 0.717) is 26.2 Å². The zero-order chi connectivity index (χ0) is 15.2. The molecular formula is C13H20N4O3S. The fraction of sp³-hybridized carbons (Fsp3) is 0.615. The molecule has 0 radical (unpaired) electrons. The van der Waals surface area contributed by atoms with Gasteiger partial charge in [-0.25, -0.2) is 9.78 Å². The average molecular weight is 312 g/mol. The molecule has 1 fully saturated rings. The van der Waals surface area contributed by atoms with E-state index in [9.17, 15) is 9.59 Å². The van der Waals surface area contributed by atoms with Gasteiger partial charge < -0.3 is 14.9 Å². The Hall–Kier alpha value is -1.67. The second kappa shape index (κ2) is 7.37. The molecule has 2 heterocycles. The van der Waals surface area contributed by atoms with Crippen LogP contribution >= 0.6 is 11.3 Å². The third-order valence-electron chi connectivity index (χ3n) is 3.49. The molecule has 116 valence electrons. The first kappa shape index (κ1) is 15.7.